The Kier molecular flexibility index (Phi) is 3.66. The molecular weight excluding hydrogens is 315 g/mol. The molecule has 5 heteroatoms. The van der Waals surface area contributed by atoms with E-state index < -0.39 is 5.24 Å². The molecule has 0 fully saturated rings. The molecule has 2 aromatic carbocycles. The lowest BCUT2D eigenvalue weighted by Crippen LogP contribution is -1.82. The normalized spacial score (nSPS) is 10.7. The van der Waals surface area contributed by atoms with E-state index in [9.17, 15) is 4.79 Å². The fraction of sp³-hybridized carbons (Fsp3) is 0. The van der Waals surface area contributed by atoms with Gasteiger partial charge in [-0.3, -0.25) is 4.79 Å². The molecule has 0 unspecified atom stereocenters. The number of rotatable bonds is 3. The Morgan fingerprint density at radius 1 is 1.05 bits per heavy atom. The summed E-state index contributed by atoms with van der Waals surface area (Å²) in [6.45, 7) is 0. The van der Waals surface area contributed by atoms with Gasteiger partial charge in [0, 0.05) is 10.1 Å². The number of carbonyl (C=O) groups is 1. The highest BCUT2D eigenvalue weighted by Gasteiger charge is 2.15. The molecule has 0 saturated heterocycles. The number of hydrogen-bond acceptors (Lipinski definition) is 3. The summed E-state index contributed by atoms with van der Waals surface area (Å²) >= 11 is 12.9. The van der Waals surface area contributed by atoms with Gasteiger partial charge in [-0.25, -0.2) is 0 Å². The van der Waals surface area contributed by atoms with Gasteiger partial charge in [0.15, 0.2) is 0 Å². The molecular formula is C15H8Cl2O2S. The van der Waals surface area contributed by atoms with Crippen LogP contribution in [0.5, 0.6) is 11.5 Å². The van der Waals surface area contributed by atoms with Crippen molar-refractivity contribution in [1.82, 2.24) is 0 Å². The van der Waals surface area contributed by atoms with Crippen LogP contribution in [0.1, 0.15) is 9.67 Å². The predicted octanol–water partition coefficient (Wildman–Crippen LogP) is 5.73. The van der Waals surface area contributed by atoms with Gasteiger partial charge >= 0.3 is 0 Å². The monoisotopic (exact) mass is 322 g/mol. The number of carbonyl (C=O) groups excluding carboxylic acids is 1. The first-order valence-electron chi connectivity index (χ1n) is 5.80. The zero-order valence-electron chi connectivity index (χ0n) is 10.1. The van der Waals surface area contributed by atoms with Crippen LogP contribution in [0.3, 0.4) is 0 Å². The molecule has 0 spiro atoms. The Balaban J connectivity index is 2.01. The number of thiophene rings is 1. The predicted molar refractivity (Wildman–Crippen MR) is 83.5 cm³/mol. The van der Waals surface area contributed by atoms with E-state index >= 15 is 0 Å². The molecule has 3 rings (SSSR count). The Labute approximate surface area is 129 Å². The number of ether oxygens (including phenoxy) is 1. The molecule has 2 nitrogen and oxygen atoms in total. The molecule has 0 bridgehead atoms. The zero-order valence-corrected chi connectivity index (χ0v) is 12.4. The molecule has 1 aromatic heterocycles. The summed E-state index contributed by atoms with van der Waals surface area (Å²) in [6, 6.07) is 15.0. The third-order valence-corrected chi connectivity index (χ3v) is 4.72. The summed E-state index contributed by atoms with van der Waals surface area (Å²) in [6.07, 6.45) is 0. The van der Waals surface area contributed by atoms with Crippen molar-refractivity contribution in [3.63, 3.8) is 0 Å². The van der Waals surface area contributed by atoms with Crippen molar-refractivity contribution in [2.45, 2.75) is 0 Å². The van der Waals surface area contributed by atoms with Crippen LogP contribution < -0.4 is 4.74 Å². The van der Waals surface area contributed by atoms with Gasteiger partial charge in [0.05, 0.1) is 5.02 Å². The van der Waals surface area contributed by atoms with Gasteiger partial charge < -0.3 is 4.74 Å². The van der Waals surface area contributed by atoms with E-state index in [-0.39, 0.29) is 0 Å². The average Bonchev–Trinajstić information content (AvgIpc) is 2.77. The molecule has 0 radical (unpaired) electrons. The zero-order chi connectivity index (χ0) is 14.1. The van der Waals surface area contributed by atoms with E-state index in [1.54, 1.807) is 0 Å². The largest absolute Gasteiger partial charge is 0.457 e. The molecule has 0 aliphatic heterocycles. The van der Waals surface area contributed by atoms with Crippen LogP contribution >= 0.6 is 34.5 Å². The summed E-state index contributed by atoms with van der Waals surface area (Å²) < 4.78 is 6.61. The Hall–Kier alpha value is -1.55. The maximum atomic E-state index is 11.3. The number of fused-ring (bicyclic) bond motifs is 1. The quantitative estimate of drug-likeness (QED) is 0.576. The first-order valence-corrected chi connectivity index (χ1v) is 7.37. The fourth-order valence-electron chi connectivity index (χ4n) is 1.86. The summed E-state index contributed by atoms with van der Waals surface area (Å²) in [7, 11) is 0. The Bertz CT molecular complexity index is 781. The van der Waals surface area contributed by atoms with E-state index in [1.807, 2.05) is 48.5 Å². The number of hydrogen-bond donors (Lipinski definition) is 0. The van der Waals surface area contributed by atoms with Crippen LogP contribution in [-0.2, 0) is 0 Å². The Morgan fingerprint density at radius 2 is 1.80 bits per heavy atom. The molecule has 3 aromatic rings. The molecule has 0 saturated carbocycles. The SMILES string of the molecule is O=C(Cl)c1sc2cc(Oc3ccccc3)ccc2c1Cl. The van der Waals surface area contributed by atoms with E-state index in [4.69, 9.17) is 27.9 Å². The van der Waals surface area contributed by atoms with E-state index in [1.165, 1.54) is 11.3 Å². The standard InChI is InChI=1S/C15H8Cl2O2S/c16-13-11-7-6-10(19-9-4-2-1-3-5-9)8-12(11)20-14(13)15(17)18/h1-8H. The number of halogens is 2. The van der Waals surface area contributed by atoms with Crippen LogP contribution in [0.2, 0.25) is 5.02 Å². The second-order valence-corrected chi connectivity index (χ2v) is 5.87. The van der Waals surface area contributed by atoms with Gasteiger partial charge in [-0.1, -0.05) is 29.8 Å². The van der Waals surface area contributed by atoms with Crippen molar-refractivity contribution in [3.05, 3.63) is 58.4 Å². The van der Waals surface area contributed by atoms with E-state index in [2.05, 4.69) is 0 Å². The summed E-state index contributed by atoms with van der Waals surface area (Å²) in [5.41, 5.74) is 0. The lowest BCUT2D eigenvalue weighted by atomic mass is 10.2. The van der Waals surface area contributed by atoms with Gasteiger partial charge in [-0.15, -0.1) is 11.3 Å². The van der Waals surface area contributed by atoms with E-state index in [0.717, 1.165) is 15.8 Å². The minimum atomic E-state index is -0.540. The molecule has 1 heterocycles. The minimum absolute atomic E-state index is 0.361. The van der Waals surface area contributed by atoms with Gasteiger partial charge in [-0.05, 0) is 41.9 Å². The average molecular weight is 323 g/mol. The molecule has 0 amide bonds. The van der Waals surface area contributed by atoms with Crippen molar-refractivity contribution in [1.29, 1.82) is 0 Å². The van der Waals surface area contributed by atoms with Crippen LogP contribution in [0.15, 0.2) is 48.5 Å². The number of benzene rings is 2. The van der Waals surface area contributed by atoms with Crippen LogP contribution in [0.4, 0.5) is 0 Å². The first-order chi connectivity index (χ1) is 9.65. The van der Waals surface area contributed by atoms with E-state index in [0.29, 0.717) is 15.6 Å². The smallest absolute Gasteiger partial charge is 0.263 e. The van der Waals surface area contributed by atoms with Crippen molar-refractivity contribution >= 4 is 49.9 Å². The minimum Gasteiger partial charge on any atom is -0.457 e. The Morgan fingerprint density at radius 3 is 2.50 bits per heavy atom. The van der Waals surface area contributed by atoms with Gasteiger partial charge in [0.25, 0.3) is 5.24 Å². The molecule has 20 heavy (non-hydrogen) atoms. The molecule has 0 N–H and O–H groups in total. The highest BCUT2D eigenvalue weighted by atomic mass is 35.5. The lowest BCUT2D eigenvalue weighted by Gasteiger charge is -2.05. The fourth-order valence-corrected chi connectivity index (χ4v) is 3.50. The van der Waals surface area contributed by atoms with Gasteiger partial charge in [-0.2, -0.15) is 0 Å². The second-order valence-electron chi connectivity index (χ2n) is 4.09. The van der Waals surface area contributed by atoms with Crippen molar-refractivity contribution in [3.8, 4) is 11.5 Å². The number of para-hydroxylation sites is 1. The molecule has 0 atom stereocenters. The highest BCUT2D eigenvalue weighted by molar-refractivity contribution is 7.23. The molecule has 0 aliphatic rings. The topological polar surface area (TPSA) is 26.3 Å². The molecule has 0 aliphatic carbocycles. The van der Waals surface area contributed by atoms with Gasteiger partial charge in [0.1, 0.15) is 16.4 Å². The lowest BCUT2D eigenvalue weighted by molar-refractivity contribution is 0.108. The summed E-state index contributed by atoms with van der Waals surface area (Å²) in [5.74, 6) is 1.44. The maximum Gasteiger partial charge on any atom is 0.263 e. The highest BCUT2D eigenvalue weighted by Crippen LogP contribution is 2.38. The summed E-state index contributed by atoms with van der Waals surface area (Å²) in [5, 5.41) is 0.666. The van der Waals surface area contributed by atoms with Crippen LogP contribution in [-0.4, -0.2) is 5.24 Å². The maximum absolute atomic E-state index is 11.3. The summed E-state index contributed by atoms with van der Waals surface area (Å²) in [4.78, 5) is 11.6. The van der Waals surface area contributed by atoms with Crippen LogP contribution in [0, 0.1) is 0 Å². The first kappa shape index (κ1) is 13.4. The van der Waals surface area contributed by atoms with Crippen LogP contribution in [0.25, 0.3) is 10.1 Å². The van der Waals surface area contributed by atoms with Crippen molar-refractivity contribution < 1.29 is 9.53 Å². The molecule has 100 valence electrons. The van der Waals surface area contributed by atoms with Crippen molar-refractivity contribution in [2.24, 2.45) is 0 Å². The second kappa shape index (κ2) is 5.44. The third-order valence-electron chi connectivity index (χ3n) is 2.76. The third kappa shape index (κ3) is 2.52. The van der Waals surface area contributed by atoms with Crippen molar-refractivity contribution in [2.75, 3.05) is 0 Å². The van der Waals surface area contributed by atoms with Gasteiger partial charge in [0.2, 0.25) is 0 Å².